The van der Waals surface area contributed by atoms with Gasteiger partial charge in [-0.15, -0.1) is 11.3 Å². The maximum Gasteiger partial charge on any atom is 0.289 e. The topological polar surface area (TPSA) is 95.6 Å². The molecule has 8 heteroatoms. The first kappa shape index (κ1) is 24.3. The van der Waals surface area contributed by atoms with E-state index in [1.165, 1.54) is 11.3 Å². The highest BCUT2D eigenvalue weighted by atomic mass is 32.1. The van der Waals surface area contributed by atoms with Crippen molar-refractivity contribution in [1.29, 1.82) is 0 Å². The van der Waals surface area contributed by atoms with Crippen molar-refractivity contribution >= 4 is 34.8 Å². The number of hydrogen-bond acceptors (Lipinski definition) is 5. The predicted octanol–water partition coefficient (Wildman–Crippen LogP) is 2.85. The Hall–Kier alpha value is -3.78. The Kier molecular flexibility index (Phi) is 8.05. The van der Waals surface area contributed by atoms with Crippen LogP contribution in [0.3, 0.4) is 0 Å². The van der Waals surface area contributed by atoms with Gasteiger partial charge in [0.2, 0.25) is 17.6 Å². The summed E-state index contributed by atoms with van der Waals surface area (Å²) < 4.78 is 0. The van der Waals surface area contributed by atoms with Crippen LogP contribution in [-0.4, -0.2) is 40.5 Å². The number of benzene rings is 2. The second kappa shape index (κ2) is 11.6. The van der Waals surface area contributed by atoms with Crippen molar-refractivity contribution in [2.45, 2.75) is 44.4 Å². The molecule has 0 bridgehead atoms. The summed E-state index contributed by atoms with van der Waals surface area (Å²) in [6.45, 7) is 0.562. The fraction of sp³-hybridized carbons (Fsp3) is 0.259. The molecule has 2 aromatic carbocycles. The summed E-state index contributed by atoms with van der Waals surface area (Å²) in [6, 6.07) is 20.7. The van der Waals surface area contributed by atoms with Crippen LogP contribution in [0.15, 0.2) is 78.2 Å². The number of nitrogens with one attached hydrogen (secondary N) is 2. The average Bonchev–Trinajstić information content (AvgIpc) is 3.53. The van der Waals surface area contributed by atoms with Crippen LogP contribution >= 0.6 is 11.3 Å². The van der Waals surface area contributed by atoms with E-state index in [1.807, 2.05) is 78.2 Å². The quantitative estimate of drug-likeness (QED) is 0.428. The fourth-order valence-electron chi connectivity index (χ4n) is 4.14. The molecule has 180 valence electrons. The lowest BCUT2D eigenvalue weighted by molar-refractivity contribution is -0.141. The Balaban J connectivity index is 1.47. The highest BCUT2D eigenvalue weighted by molar-refractivity contribution is 7.09. The molecule has 2 heterocycles. The molecule has 2 atom stereocenters. The van der Waals surface area contributed by atoms with Gasteiger partial charge in [-0.05, 0) is 29.0 Å². The first-order valence-electron chi connectivity index (χ1n) is 11.5. The van der Waals surface area contributed by atoms with Crippen molar-refractivity contribution in [3.8, 4) is 0 Å². The Morgan fingerprint density at radius 1 is 0.943 bits per heavy atom. The van der Waals surface area contributed by atoms with Crippen LogP contribution in [0, 0.1) is 0 Å². The van der Waals surface area contributed by atoms with Crippen molar-refractivity contribution in [1.82, 2.24) is 15.5 Å². The first-order chi connectivity index (χ1) is 17.0. The van der Waals surface area contributed by atoms with Gasteiger partial charge >= 0.3 is 0 Å². The molecule has 1 saturated heterocycles. The van der Waals surface area contributed by atoms with Crippen molar-refractivity contribution in [3.05, 3.63) is 94.2 Å². The van der Waals surface area contributed by atoms with Gasteiger partial charge in [0.25, 0.3) is 5.91 Å². The van der Waals surface area contributed by atoms with Gasteiger partial charge in [0.05, 0.1) is 6.54 Å². The van der Waals surface area contributed by atoms with Gasteiger partial charge in [-0.1, -0.05) is 66.7 Å². The third kappa shape index (κ3) is 6.42. The number of carbonyl (C=O) groups excluding carboxylic acids is 4. The standard InChI is InChI=1S/C27H27N3O4S/c31-24-14-13-23(30(24)18-20-10-5-2-6-11-20)26(33)29-22(16-19-8-3-1-4-9-19)25(32)27(34)28-17-21-12-7-15-35-21/h1-12,15,22-23H,13-14,16-18H2,(H,28,34)(H,29,33)/t22?,23-/m1/s1. The van der Waals surface area contributed by atoms with Gasteiger partial charge < -0.3 is 15.5 Å². The molecular formula is C27H27N3O4S. The molecule has 0 radical (unpaired) electrons. The van der Waals surface area contributed by atoms with E-state index < -0.39 is 29.7 Å². The van der Waals surface area contributed by atoms with Crippen LogP contribution in [0.2, 0.25) is 0 Å². The molecule has 1 aliphatic rings. The molecule has 3 aromatic rings. The van der Waals surface area contributed by atoms with Crippen molar-refractivity contribution < 1.29 is 19.2 Å². The number of thiophene rings is 1. The van der Waals surface area contributed by atoms with E-state index >= 15 is 0 Å². The van der Waals surface area contributed by atoms with Crippen LogP contribution in [0.25, 0.3) is 0 Å². The molecule has 2 N–H and O–H groups in total. The van der Waals surface area contributed by atoms with E-state index in [0.717, 1.165) is 16.0 Å². The van der Waals surface area contributed by atoms with E-state index in [0.29, 0.717) is 13.0 Å². The highest BCUT2D eigenvalue weighted by Crippen LogP contribution is 2.22. The van der Waals surface area contributed by atoms with Crippen molar-refractivity contribution in [3.63, 3.8) is 0 Å². The monoisotopic (exact) mass is 489 g/mol. The number of amides is 3. The summed E-state index contributed by atoms with van der Waals surface area (Å²) in [6.07, 6.45) is 0.815. The number of nitrogens with zero attached hydrogens (tertiary/aromatic N) is 1. The number of rotatable bonds is 10. The minimum atomic E-state index is -1.04. The summed E-state index contributed by atoms with van der Waals surface area (Å²) in [7, 11) is 0. The molecule has 3 amide bonds. The Morgan fingerprint density at radius 2 is 1.63 bits per heavy atom. The second-order valence-corrected chi connectivity index (χ2v) is 9.47. The van der Waals surface area contributed by atoms with Gasteiger partial charge in [0.15, 0.2) is 0 Å². The van der Waals surface area contributed by atoms with Crippen molar-refractivity contribution in [2.24, 2.45) is 0 Å². The molecule has 0 aliphatic carbocycles. The van der Waals surface area contributed by atoms with Gasteiger partial charge in [-0.25, -0.2) is 0 Å². The van der Waals surface area contributed by atoms with Crippen molar-refractivity contribution in [2.75, 3.05) is 0 Å². The molecule has 0 spiro atoms. The predicted molar refractivity (Wildman–Crippen MR) is 133 cm³/mol. The van der Waals surface area contributed by atoms with Gasteiger partial charge in [0.1, 0.15) is 12.1 Å². The van der Waals surface area contributed by atoms with Gasteiger partial charge in [-0.3, -0.25) is 19.2 Å². The molecule has 1 unspecified atom stereocenters. The molecule has 0 saturated carbocycles. The molecule has 1 aromatic heterocycles. The molecule has 1 fully saturated rings. The van der Waals surface area contributed by atoms with Crippen LogP contribution < -0.4 is 10.6 Å². The molecular weight excluding hydrogens is 462 g/mol. The average molecular weight is 490 g/mol. The van der Waals surface area contributed by atoms with E-state index in [-0.39, 0.29) is 25.3 Å². The molecule has 35 heavy (non-hydrogen) atoms. The highest BCUT2D eigenvalue weighted by Gasteiger charge is 2.38. The smallest absolute Gasteiger partial charge is 0.289 e. The lowest BCUT2D eigenvalue weighted by atomic mass is 10.0. The molecule has 4 rings (SSSR count). The zero-order chi connectivity index (χ0) is 24.6. The number of carbonyl (C=O) groups is 4. The number of hydrogen-bond donors (Lipinski definition) is 2. The summed E-state index contributed by atoms with van der Waals surface area (Å²) in [5, 5.41) is 7.32. The largest absolute Gasteiger partial charge is 0.345 e. The Bertz CT molecular complexity index is 1170. The van der Waals surface area contributed by atoms with Gasteiger partial charge in [-0.2, -0.15) is 0 Å². The number of Topliss-reactive ketones (excluding diaryl/α,β-unsaturated/α-hetero) is 1. The third-order valence-electron chi connectivity index (χ3n) is 5.97. The zero-order valence-electron chi connectivity index (χ0n) is 19.2. The lowest BCUT2D eigenvalue weighted by Gasteiger charge is -2.26. The minimum absolute atomic E-state index is 0.103. The van der Waals surface area contributed by atoms with E-state index in [9.17, 15) is 19.2 Å². The maximum atomic E-state index is 13.3. The SMILES string of the molecule is O=C(NCc1cccs1)C(=O)C(Cc1ccccc1)NC(=O)[C@H]1CCC(=O)N1Cc1ccccc1. The van der Waals surface area contributed by atoms with E-state index in [2.05, 4.69) is 10.6 Å². The number of likely N-dealkylation sites (tertiary alicyclic amines) is 1. The maximum absolute atomic E-state index is 13.3. The van der Waals surface area contributed by atoms with Crippen LogP contribution in [-0.2, 0) is 38.7 Å². The third-order valence-corrected chi connectivity index (χ3v) is 6.85. The zero-order valence-corrected chi connectivity index (χ0v) is 20.0. The summed E-state index contributed by atoms with van der Waals surface area (Å²) in [5.41, 5.74) is 1.74. The molecule has 1 aliphatic heterocycles. The fourth-order valence-corrected chi connectivity index (χ4v) is 4.78. The second-order valence-electron chi connectivity index (χ2n) is 8.44. The Morgan fingerprint density at radius 3 is 2.29 bits per heavy atom. The normalized spacial score (nSPS) is 16.1. The van der Waals surface area contributed by atoms with Crippen LogP contribution in [0.4, 0.5) is 0 Å². The van der Waals surface area contributed by atoms with Crippen LogP contribution in [0.5, 0.6) is 0 Å². The summed E-state index contributed by atoms with van der Waals surface area (Å²) in [4.78, 5) is 54.0. The Labute approximate surface area is 208 Å². The first-order valence-corrected chi connectivity index (χ1v) is 12.4. The van der Waals surface area contributed by atoms with Crippen LogP contribution in [0.1, 0.15) is 28.8 Å². The lowest BCUT2D eigenvalue weighted by Crippen LogP contribution is -2.53. The van der Waals surface area contributed by atoms with E-state index in [1.54, 1.807) is 4.90 Å². The van der Waals surface area contributed by atoms with Gasteiger partial charge in [0, 0.05) is 24.3 Å². The minimum Gasteiger partial charge on any atom is -0.345 e. The summed E-state index contributed by atoms with van der Waals surface area (Å²) >= 11 is 1.48. The summed E-state index contributed by atoms with van der Waals surface area (Å²) in [5.74, 6) is -1.98. The number of ketones is 1. The van der Waals surface area contributed by atoms with E-state index in [4.69, 9.17) is 0 Å². The molecule has 7 nitrogen and oxygen atoms in total.